The van der Waals surface area contributed by atoms with E-state index >= 15 is 0 Å². The average Bonchev–Trinajstić information content (AvgIpc) is 2.48. The number of esters is 1. The zero-order valence-corrected chi connectivity index (χ0v) is 14.2. The van der Waals surface area contributed by atoms with Crippen LogP contribution in [0.25, 0.3) is 11.3 Å². The van der Waals surface area contributed by atoms with Crippen molar-refractivity contribution in [3.8, 4) is 11.3 Å². The molecule has 23 heavy (non-hydrogen) atoms. The highest BCUT2D eigenvalue weighted by atomic mass is 19.1. The third kappa shape index (κ3) is 5.36. The quantitative estimate of drug-likeness (QED) is 0.831. The summed E-state index contributed by atoms with van der Waals surface area (Å²) < 4.78 is 19.0. The number of carbonyl (C=O) groups excluding carboxylic acids is 1. The van der Waals surface area contributed by atoms with Crippen LogP contribution in [0.1, 0.15) is 45.0 Å². The molecule has 0 unspecified atom stereocenters. The Hall–Kier alpha value is -2.43. The van der Waals surface area contributed by atoms with E-state index in [2.05, 4.69) is 4.98 Å². The van der Waals surface area contributed by atoms with Crippen LogP contribution in [0, 0.1) is 5.82 Å². The van der Waals surface area contributed by atoms with Crippen LogP contribution in [0.4, 0.5) is 10.1 Å². The number of aromatic nitrogens is 1. The molecule has 2 N–H and O–H groups in total. The number of nitrogens with zero attached hydrogens (tertiary/aromatic N) is 1. The molecule has 2 aromatic rings. The fraction of sp³-hybridized carbons (Fsp3) is 0.333. The molecule has 4 nitrogen and oxygen atoms in total. The van der Waals surface area contributed by atoms with Gasteiger partial charge in [0, 0.05) is 11.6 Å². The molecule has 2 rings (SSSR count). The molecule has 0 aliphatic heterocycles. The summed E-state index contributed by atoms with van der Waals surface area (Å²) >= 11 is 0. The minimum Gasteiger partial charge on any atom is -0.456 e. The fourth-order valence-corrected chi connectivity index (χ4v) is 1.77. The smallest absolute Gasteiger partial charge is 0.338 e. The van der Waals surface area contributed by atoms with Gasteiger partial charge in [0.2, 0.25) is 0 Å². The molecule has 1 heterocycles. The van der Waals surface area contributed by atoms with Crippen LogP contribution in [-0.4, -0.2) is 16.6 Å². The van der Waals surface area contributed by atoms with E-state index in [1.54, 1.807) is 45.0 Å². The maximum Gasteiger partial charge on any atom is 0.338 e. The van der Waals surface area contributed by atoms with Crippen molar-refractivity contribution in [2.24, 2.45) is 0 Å². The standard InChI is InChI=1S/C16H17FN2O2.C2H6/c1-16(2,3)21-15(20)11-6-4-10(5-7-11)14-13(17)8-12(18)9-19-14;1-2/h4-9H,18H2,1-3H3;1-2H3. The van der Waals surface area contributed by atoms with E-state index < -0.39 is 17.4 Å². The number of pyridine rings is 1. The van der Waals surface area contributed by atoms with Gasteiger partial charge in [-0.15, -0.1) is 0 Å². The van der Waals surface area contributed by atoms with E-state index in [0.29, 0.717) is 11.1 Å². The fourth-order valence-electron chi connectivity index (χ4n) is 1.77. The highest BCUT2D eigenvalue weighted by Crippen LogP contribution is 2.22. The van der Waals surface area contributed by atoms with Crippen molar-refractivity contribution in [2.45, 2.75) is 40.2 Å². The van der Waals surface area contributed by atoms with E-state index in [1.807, 2.05) is 13.8 Å². The number of carbonyl (C=O) groups is 1. The van der Waals surface area contributed by atoms with Gasteiger partial charge in [-0.05, 0) is 32.9 Å². The Morgan fingerprint density at radius 3 is 2.22 bits per heavy atom. The molecule has 0 amide bonds. The molecule has 0 aliphatic rings. The maximum absolute atomic E-state index is 13.8. The number of rotatable bonds is 2. The molecular formula is C18H23FN2O2. The Bertz CT molecular complexity index is 662. The Balaban J connectivity index is 0.00000127. The van der Waals surface area contributed by atoms with Gasteiger partial charge in [0.1, 0.15) is 11.3 Å². The number of benzene rings is 1. The molecule has 124 valence electrons. The summed E-state index contributed by atoms with van der Waals surface area (Å²) in [6, 6.07) is 7.63. The first-order chi connectivity index (χ1) is 10.8. The molecule has 0 radical (unpaired) electrons. The highest BCUT2D eigenvalue weighted by Gasteiger charge is 2.18. The van der Waals surface area contributed by atoms with E-state index in [9.17, 15) is 9.18 Å². The molecule has 0 fully saturated rings. The van der Waals surface area contributed by atoms with Gasteiger partial charge < -0.3 is 10.5 Å². The molecule has 0 spiro atoms. The summed E-state index contributed by atoms with van der Waals surface area (Å²) in [6.45, 7) is 9.40. The van der Waals surface area contributed by atoms with Gasteiger partial charge in [-0.2, -0.15) is 0 Å². The highest BCUT2D eigenvalue weighted by molar-refractivity contribution is 5.90. The van der Waals surface area contributed by atoms with Crippen LogP contribution >= 0.6 is 0 Å². The topological polar surface area (TPSA) is 65.2 Å². The van der Waals surface area contributed by atoms with Gasteiger partial charge in [0.25, 0.3) is 0 Å². The first kappa shape index (κ1) is 18.6. The number of nitrogens with two attached hydrogens (primary N) is 1. The first-order valence-corrected chi connectivity index (χ1v) is 7.51. The lowest BCUT2D eigenvalue weighted by molar-refractivity contribution is 0.00696. The summed E-state index contributed by atoms with van der Waals surface area (Å²) in [5, 5.41) is 0. The van der Waals surface area contributed by atoms with Gasteiger partial charge in [0.05, 0.1) is 17.4 Å². The molecule has 0 bridgehead atoms. The van der Waals surface area contributed by atoms with Crippen molar-refractivity contribution in [1.29, 1.82) is 0 Å². The monoisotopic (exact) mass is 318 g/mol. The lowest BCUT2D eigenvalue weighted by atomic mass is 10.1. The van der Waals surface area contributed by atoms with Crippen LogP contribution in [0.5, 0.6) is 0 Å². The van der Waals surface area contributed by atoms with Crippen molar-refractivity contribution in [1.82, 2.24) is 4.98 Å². The third-order valence-corrected chi connectivity index (χ3v) is 2.66. The van der Waals surface area contributed by atoms with Crippen LogP contribution in [0.3, 0.4) is 0 Å². The lowest BCUT2D eigenvalue weighted by Crippen LogP contribution is -2.23. The van der Waals surface area contributed by atoms with E-state index in [4.69, 9.17) is 10.5 Å². The van der Waals surface area contributed by atoms with Gasteiger partial charge >= 0.3 is 5.97 Å². The van der Waals surface area contributed by atoms with Crippen LogP contribution in [-0.2, 0) is 4.74 Å². The zero-order chi connectivity index (χ0) is 17.6. The van der Waals surface area contributed by atoms with Crippen molar-refractivity contribution >= 4 is 11.7 Å². The van der Waals surface area contributed by atoms with Gasteiger partial charge in [-0.3, -0.25) is 4.98 Å². The number of hydrogen-bond acceptors (Lipinski definition) is 4. The van der Waals surface area contributed by atoms with Crippen molar-refractivity contribution in [2.75, 3.05) is 5.73 Å². The number of nitrogen functional groups attached to an aromatic ring is 1. The second kappa shape index (κ2) is 7.72. The molecule has 0 saturated heterocycles. The molecule has 0 atom stereocenters. The SMILES string of the molecule is CC.CC(C)(C)OC(=O)c1ccc(-c2ncc(N)cc2F)cc1. The molecule has 1 aromatic carbocycles. The summed E-state index contributed by atoms with van der Waals surface area (Å²) in [5.41, 5.74) is 6.35. The van der Waals surface area contributed by atoms with Crippen molar-refractivity contribution in [3.05, 3.63) is 47.9 Å². The van der Waals surface area contributed by atoms with Crippen molar-refractivity contribution in [3.63, 3.8) is 0 Å². The summed E-state index contributed by atoms with van der Waals surface area (Å²) in [5.74, 6) is -0.917. The minimum absolute atomic E-state index is 0.194. The molecule has 0 saturated carbocycles. The minimum atomic E-state index is -0.555. The summed E-state index contributed by atoms with van der Waals surface area (Å²) in [6.07, 6.45) is 1.39. The van der Waals surface area contributed by atoms with E-state index in [0.717, 1.165) is 0 Å². The summed E-state index contributed by atoms with van der Waals surface area (Å²) in [7, 11) is 0. The van der Waals surface area contributed by atoms with Gasteiger partial charge in [-0.1, -0.05) is 26.0 Å². The zero-order valence-electron chi connectivity index (χ0n) is 14.2. The third-order valence-electron chi connectivity index (χ3n) is 2.66. The predicted octanol–water partition coefficient (Wildman–Crippen LogP) is 4.45. The van der Waals surface area contributed by atoms with E-state index in [1.165, 1.54) is 12.3 Å². The lowest BCUT2D eigenvalue weighted by Gasteiger charge is -2.19. The normalized spacial score (nSPS) is 10.5. The second-order valence-electron chi connectivity index (χ2n) is 5.68. The second-order valence-corrected chi connectivity index (χ2v) is 5.68. The van der Waals surface area contributed by atoms with Gasteiger partial charge in [0.15, 0.2) is 5.82 Å². The maximum atomic E-state index is 13.8. The Morgan fingerprint density at radius 1 is 1.17 bits per heavy atom. The Labute approximate surface area is 136 Å². The number of halogens is 1. The number of hydrogen-bond donors (Lipinski definition) is 1. The number of anilines is 1. The molecule has 5 heteroatoms. The van der Waals surface area contributed by atoms with Gasteiger partial charge in [-0.25, -0.2) is 9.18 Å². The largest absolute Gasteiger partial charge is 0.456 e. The molecular weight excluding hydrogens is 295 g/mol. The van der Waals surface area contributed by atoms with E-state index in [-0.39, 0.29) is 11.4 Å². The number of ether oxygens (including phenoxy) is 1. The van der Waals surface area contributed by atoms with Crippen molar-refractivity contribution < 1.29 is 13.9 Å². The Kier molecular flexibility index (Phi) is 6.25. The van der Waals surface area contributed by atoms with Crippen LogP contribution < -0.4 is 5.73 Å². The van der Waals surface area contributed by atoms with Crippen LogP contribution in [0.15, 0.2) is 36.5 Å². The Morgan fingerprint density at radius 2 is 1.74 bits per heavy atom. The molecule has 0 aliphatic carbocycles. The summed E-state index contributed by atoms with van der Waals surface area (Å²) in [4.78, 5) is 15.9. The average molecular weight is 318 g/mol. The first-order valence-electron chi connectivity index (χ1n) is 7.51. The predicted molar refractivity (Wildman–Crippen MR) is 90.6 cm³/mol. The molecule has 1 aromatic heterocycles. The van der Waals surface area contributed by atoms with Crippen LogP contribution in [0.2, 0.25) is 0 Å².